The average molecular weight is 228 g/mol. The van der Waals surface area contributed by atoms with Crippen LogP contribution in [0.4, 0.5) is 5.82 Å². The highest BCUT2D eigenvalue weighted by Gasteiger charge is 2.02. The third-order valence-corrected chi connectivity index (χ3v) is 2.60. The van der Waals surface area contributed by atoms with Crippen LogP contribution in [-0.4, -0.2) is 23.8 Å². The SMILES string of the molecule is CCCCCN(C)c1ccc(CCl)nn1. The first kappa shape index (κ1) is 12.2. The number of hydrogen-bond donors (Lipinski definition) is 0. The molecular weight excluding hydrogens is 210 g/mol. The van der Waals surface area contributed by atoms with Gasteiger partial charge in [0, 0.05) is 13.6 Å². The number of anilines is 1. The second-order valence-corrected chi connectivity index (χ2v) is 3.91. The fraction of sp³-hybridized carbons (Fsp3) is 0.636. The molecule has 3 nitrogen and oxygen atoms in total. The molecule has 1 heterocycles. The number of nitrogens with zero attached hydrogens (tertiary/aromatic N) is 3. The van der Waals surface area contributed by atoms with E-state index in [-0.39, 0.29) is 0 Å². The lowest BCUT2D eigenvalue weighted by Crippen LogP contribution is -2.20. The summed E-state index contributed by atoms with van der Waals surface area (Å²) in [6.07, 6.45) is 3.70. The van der Waals surface area contributed by atoms with Gasteiger partial charge in [-0.1, -0.05) is 19.8 Å². The van der Waals surface area contributed by atoms with Gasteiger partial charge in [-0.25, -0.2) is 0 Å². The third kappa shape index (κ3) is 4.04. The summed E-state index contributed by atoms with van der Waals surface area (Å²) in [6, 6.07) is 3.89. The maximum absolute atomic E-state index is 5.65. The van der Waals surface area contributed by atoms with E-state index in [1.54, 1.807) is 0 Å². The number of aromatic nitrogens is 2. The largest absolute Gasteiger partial charge is 0.358 e. The molecule has 0 fully saturated rings. The number of halogens is 1. The van der Waals surface area contributed by atoms with Crippen molar-refractivity contribution in [2.45, 2.75) is 32.1 Å². The van der Waals surface area contributed by atoms with Crippen LogP contribution in [0.5, 0.6) is 0 Å². The number of unbranched alkanes of at least 4 members (excludes halogenated alkanes) is 2. The first-order chi connectivity index (χ1) is 7.27. The van der Waals surface area contributed by atoms with Crippen molar-refractivity contribution in [3.63, 3.8) is 0 Å². The van der Waals surface area contributed by atoms with E-state index in [0.717, 1.165) is 18.1 Å². The monoisotopic (exact) mass is 227 g/mol. The van der Waals surface area contributed by atoms with Gasteiger partial charge in [0.05, 0.1) is 11.6 Å². The smallest absolute Gasteiger partial charge is 0.150 e. The Morgan fingerprint density at radius 2 is 2.07 bits per heavy atom. The van der Waals surface area contributed by atoms with Crippen LogP contribution in [-0.2, 0) is 5.88 Å². The van der Waals surface area contributed by atoms with E-state index >= 15 is 0 Å². The molecule has 0 aliphatic rings. The van der Waals surface area contributed by atoms with E-state index in [2.05, 4.69) is 22.0 Å². The standard InChI is InChI=1S/C11H18ClN3/c1-3-4-5-8-15(2)11-7-6-10(9-12)13-14-11/h6-7H,3-5,8-9H2,1-2H3. The lowest BCUT2D eigenvalue weighted by atomic mass is 10.2. The zero-order valence-corrected chi connectivity index (χ0v) is 10.2. The normalized spacial score (nSPS) is 10.3. The average Bonchev–Trinajstić information content (AvgIpc) is 2.29. The number of alkyl halides is 1. The summed E-state index contributed by atoms with van der Waals surface area (Å²) < 4.78 is 0. The molecule has 0 radical (unpaired) electrons. The van der Waals surface area contributed by atoms with Crippen molar-refractivity contribution in [3.8, 4) is 0 Å². The Bertz CT molecular complexity index is 274. The molecule has 0 unspecified atom stereocenters. The van der Waals surface area contributed by atoms with E-state index in [9.17, 15) is 0 Å². The van der Waals surface area contributed by atoms with Crippen molar-refractivity contribution >= 4 is 17.4 Å². The lowest BCUT2D eigenvalue weighted by Gasteiger charge is -2.17. The molecule has 84 valence electrons. The van der Waals surface area contributed by atoms with Crippen molar-refractivity contribution < 1.29 is 0 Å². The van der Waals surface area contributed by atoms with E-state index in [1.807, 2.05) is 19.2 Å². The molecule has 0 saturated carbocycles. The molecule has 1 aromatic heterocycles. The lowest BCUT2D eigenvalue weighted by molar-refractivity contribution is 0.697. The summed E-state index contributed by atoms with van der Waals surface area (Å²) in [6.45, 7) is 3.23. The second kappa shape index (κ2) is 6.62. The van der Waals surface area contributed by atoms with Crippen LogP contribution >= 0.6 is 11.6 Å². The van der Waals surface area contributed by atoms with Gasteiger partial charge in [0.15, 0.2) is 5.82 Å². The summed E-state index contributed by atoms with van der Waals surface area (Å²) in [4.78, 5) is 2.13. The van der Waals surface area contributed by atoms with Crippen LogP contribution < -0.4 is 4.90 Å². The summed E-state index contributed by atoms with van der Waals surface area (Å²) in [5.74, 6) is 1.34. The van der Waals surface area contributed by atoms with Crippen molar-refractivity contribution in [2.75, 3.05) is 18.5 Å². The fourth-order valence-electron chi connectivity index (χ4n) is 1.34. The minimum atomic E-state index is 0.423. The molecule has 0 aliphatic heterocycles. The molecule has 0 aromatic carbocycles. The van der Waals surface area contributed by atoms with E-state index in [1.165, 1.54) is 19.3 Å². The molecular formula is C11H18ClN3. The molecule has 0 amide bonds. The Morgan fingerprint density at radius 3 is 2.60 bits per heavy atom. The van der Waals surface area contributed by atoms with Gasteiger partial charge in [-0.3, -0.25) is 0 Å². The zero-order chi connectivity index (χ0) is 11.1. The van der Waals surface area contributed by atoms with Crippen molar-refractivity contribution in [2.24, 2.45) is 0 Å². The van der Waals surface area contributed by atoms with Crippen LogP contribution in [0.25, 0.3) is 0 Å². The molecule has 0 aliphatic carbocycles. The summed E-state index contributed by atoms with van der Waals surface area (Å²) in [5.41, 5.74) is 0.822. The zero-order valence-electron chi connectivity index (χ0n) is 9.41. The van der Waals surface area contributed by atoms with Gasteiger partial charge in [-0.15, -0.1) is 16.7 Å². The minimum Gasteiger partial charge on any atom is -0.358 e. The number of hydrogen-bond acceptors (Lipinski definition) is 3. The molecule has 15 heavy (non-hydrogen) atoms. The number of rotatable bonds is 6. The van der Waals surface area contributed by atoms with Crippen molar-refractivity contribution in [3.05, 3.63) is 17.8 Å². The molecule has 0 saturated heterocycles. The Hall–Kier alpha value is -0.830. The highest BCUT2D eigenvalue weighted by Crippen LogP contribution is 2.09. The Labute approximate surface area is 96.5 Å². The van der Waals surface area contributed by atoms with Crippen molar-refractivity contribution in [1.29, 1.82) is 0 Å². The van der Waals surface area contributed by atoms with Crippen LogP contribution in [0, 0.1) is 0 Å². The van der Waals surface area contributed by atoms with Crippen LogP contribution in [0.15, 0.2) is 12.1 Å². The van der Waals surface area contributed by atoms with Crippen LogP contribution in [0.1, 0.15) is 31.9 Å². The highest BCUT2D eigenvalue weighted by atomic mass is 35.5. The molecule has 0 bridgehead atoms. The van der Waals surface area contributed by atoms with Gasteiger partial charge >= 0.3 is 0 Å². The van der Waals surface area contributed by atoms with Gasteiger partial charge in [-0.2, -0.15) is 5.10 Å². The topological polar surface area (TPSA) is 29.0 Å². The van der Waals surface area contributed by atoms with Crippen LogP contribution in [0.2, 0.25) is 0 Å². The molecule has 4 heteroatoms. The Morgan fingerprint density at radius 1 is 1.27 bits per heavy atom. The van der Waals surface area contributed by atoms with Crippen molar-refractivity contribution in [1.82, 2.24) is 10.2 Å². The molecule has 1 rings (SSSR count). The van der Waals surface area contributed by atoms with Gasteiger partial charge in [0.25, 0.3) is 0 Å². The molecule has 0 N–H and O–H groups in total. The second-order valence-electron chi connectivity index (χ2n) is 3.65. The Balaban J connectivity index is 2.46. The first-order valence-electron chi connectivity index (χ1n) is 5.37. The summed E-state index contributed by atoms with van der Waals surface area (Å²) >= 11 is 5.65. The summed E-state index contributed by atoms with van der Waals surface area (Å²) in [7, 11) is 2.04. The molecule has 1 aromatic rings. The Kier molecular flexibility index (Phi) is 5.40. The van der Waals surface area contributed by atoms with Gasteiger partial charge < -0.3 is 4.90 Å². The first-order valence-corrected chi connectivity index (χ1v) is 5.91. The van der Waals surface area contributed by atoms with E-state index in [4.69, 9.17) is 11.6 Å². The van der Waals surface area contributed by atoms with E-state index in [0.29, 0.717) is 5.88 Å². The molecule has 0 atom stereocenters. The predicted octanol–water partition coefficient (Wildman–Crippen LogP) is 2.84. The highest BCUT2D eigenvalue weighted by molar-refractivity contribution is 6.16. The minimum absolute atomic E-state index is 0.423. The van der Waals surface area contributed by atoms with Crippen LogP contribution in [0.3, 0.4) is 0 Å². The molecule has 0 spiro atoms. The van der Waals surface area contributed by atoms with Gasteiger partial charge in [0.2, 0.25) is 0 Å². The third-order valence-electron chi connectivity index (χ3n) is 2.33. The maximum atomic E-state index is 5.65. The maximum Gasteiger partial charge on any atom is 0.150 e. The summed E-state index contributed by atoms with van der Waals surface area (Å²) in [5, 5.41) is 8.14. The quantitative estimate of drug-likeness (QED) is 0.553. The van der Waals surface area contributed by atoms with E-state index < -0.39 is 0 Å². The predicted molar refractivity (Wildman–Crippen MR) is 64.4 cm³/mol. The fourth-order valence-corrected chi connectivity index (χ4v) is 1.48. The van der Waals surface area contributed by atoms with Gasteiger partial charge in [-0.05, 0) is 18.6 Å². The van der Waals surface area contributed by atoms with Gasteiger partial charge in [0.1, 0.15) is 0 Å².